The highest BCUT2D eigenvalue weighted by atomic mass is 19.4. The monoisotopic (exact) mass is 263 g/mol. The van der Waals surface area contributed by atoms with E-state index in [9.17, 15) is 26.7 Å². The molecular weight excluding hydrogens is 257 g/mol. The lowest BCUT2D eigenvalue weighted by Crippen LogP contribution is -2.16. The molecule has 2 aromatic rings. The molecule has 7 heteroatoms. The minimum absolute atomic E-state index is 0.474. The summed E-state index contributed by atoms with van der Waals surface area (Å²) in [5.74, 6) is -3.70. The second kappa shape index (κ2) is 3.79. The average molecular weight is 263 g/mol. The first kappa shape index (κ1) is 12.5. The fourth-order valence-corrected chi connectivity index (χ4v) is 1.77. The van der Waals surface area contributed by atoms with Crippen LogP contribution < -0.4 is 5.43 Å². The van der Waals surface area contributed by atoms with Gasteiger partial charge >= 0.3 is 6.18 Å². The third-order valence-electron chi connectivity index (χ3n) is 2.54. The van der Waals surface area contributed by atoms with Gasteiger partial charge in [-0.2, -0.15) is 13.2 Å². The Bertz CT molecular complexity index is 686. The maximum absolute atomic E-state index is 13.3. The highest BCUT2D eigenvalue weighted by Gasteiger charge is 2.39. The van der Waals surface area contributed by atoms with E-state index in [0.29, 0.717) is 6.07 Å². The molecule has 1 aromatic heterocycles. The van der Waals surface area contributed by atoms with Crippen molar-refractivity contribution >= 4 is 10.9 Å². The number of benzene rings is 1. The second-order valence-electron chi connectivity index (χ2n) is 3.73. The minimum Gasteiger partial charge on any atom is -0.350 e. The summed E-state index contributed by atoms with van der Waals surface area (Å²) in [5, 5.41) is -0.508. The predicted molar refractivity (Wildman–Crippen MR) is 54.1 cm³/mol. The van der Waals surface area contributed by atoms with Gasteiger partial charge < -0.3 is 4.57 Å². The van der Waals surface area contributed by atoms with Crippen molar-refractivity contribution in [3.63, 3.8) is 0 Å². The first-order chi connectivity index (χ1) is 8.23. The molecule has 1 aromatic carbocycles. The number of nitrogens with zero attached hydrogens (tertiary/aromatic N) is 1. The molecule has 2 nitrogen and oxygen atoms in total. The first-order valence-electron chi connectivity index (χ1n) is 4.78. The Balaban J connectivity index is 3.12. The SMILES string of the molecule is Cn1ccc(=O)c2cc(F)c(F)c(C(F)(F)F)c21. The number of pyridine rings is 1. The second-order valence-corrected chi connectivity index (χ2v) is 3.73. The zero-order valence-corrected chi connectivity index (χ0v) is 8.98. The molecule has 0 aliphatic carbocycles. The molecule has 0 spiro atoms. The van der Waals surface area contributed by atoms with Crippen LogP contribution in [-0.4, -0.2) is 4.57 Å². The van der Waals surface area contributed by atoms with Gasteiger partial charge in [-0.1, -0.05) is 0 Å². The smallest absolute Gasteiger partial charge is 0.350 e. The Kier molecular flexibility index (Phi) is 2.64. The molecule has 0 saturated carbocycles. The predicted octanol–water partition coefficient (Wildman–Crippen LogP) is 2.84. The summed E-state index contributed by atoms with van der Waals surface area (Å²) >= 11 is 0. The normalized spacial score (nSPS) is 12.1. The molecule has 0 atom stereocenters. The van der Waals surface area contributed by atoms with E-state index in [0.717, 1.165) is 16.8 Å². The number of halogens is 5. The van der Waals surface area contributed by atoms with Crippen LogP contribution in [0.15, 0.2) is 23.1 Å². The third-order valence-corrected chi connectivity index (χ3v) is 2.54. The highest BCUT2D eigenvalue weighted by molar-refractivity contribution is 5.83. The lowest BCUT2D eigenvalue weighted by Gasteiger charge is -2.14. The number of fused-ring (bicyclic) bond motifs is 1. The summed E-state index contributed by atoms with van der Waals surface area (Å²) in [6, 6.07) is 1.46. The lowest BCUT2D eigenvalue weighted by molar-refractivity contribution is -0.139. The van der Waals surface area contributed by atoms with Crippen molar-refractivity contribution in [2.75, 3.05) is 0 Å². The molecule has 0 fully saturated rings. The van der Waals surface area contributed by atoms with Crippen molar-refractivity contribution in [3.8, 4) is 0 Å². The van der Waals surface area contributed by atoms with Crippen molar-refractivity contribution in [1.82, 2.24) is 4.57 Å². The Morgan fingerprint density at radius 2 is 1.83 bits per heavy atom. The van der Waals surface area contributed by atoms with Crippen LogP contribution in [-0.2, 0) is 13.2 Å². The van der Waals surface area contributed by atoms with E-state index in [1.807, 2.05) is 0 Å². The van der Waals surface area contributed by atoms with Gasteiger partial charge in [-0.3, -0.25) is 4.79 Å². The molecular formula is C11H6F5NO. The summed E-state index contributed by atoms with van der Waals surface area (Å²) in [5.41, 5.74) is -3.24. The number of aromatic nitrogens is 1. The Hall–Kier alpha value is -1.92. The molecule has 0 saturated heterocycles. The van der Waals surface area contributed by atoms with Gasteiger partial charge in [-0.15, -0.1) is 0 Å². The van der Waals surface area contributed by atoms with E-state index in [1.165, 1.54) is 7.05 Å². The van der Waals surface area contributed by atoms with E-state index < -0.39 is 39.7 Å². The highest BCUT2D eigenvalue weighted by Crippen LogP contribution is 2.36. The molecule has 0 aliphatic heterocycles. The summed E-state index contributed by atoms with van der Waals surface area (Å²) in [7, 11) is 1.22. The van der Waals surface area contributed by atoms with E-state index in [4.69, 9.17) is 0 Å². The molecule has 0 amide bonds. The van der Waals surface area contributed by atoms with Crippen LogP contribution in [0.5, 0.6) is 0 Å². The topological polar surface area (TPSA) is 22.0 Å². The molecule has 0 aliphatic rings. The maximum atomic E-state index is 13.3. The number of hydrogen-bond acceptors (Lipinski definition) is 1. The van der Waals surface area contributed by atoms with Gasteiger partial charge in [0.25, 0.3) is 0 Å². The standard InChI is InChI=1S/C11H6F5NO/c1-17-3-2-7(18)5-4-6(12)9(13)8(10(5)17)11(14,15)16/h2-4H,1H3. The molecule has 18 heavy (non-hydrogen) atoms. The zero-order chi connectivity index (χ0) is 13.7. The molecule has 96 valence electrons. The van der Waals surface area contributed by atoms with Gasteiger partial charge in [0.05, 0.1) is 5.52 Å². The van der Waals surface area contributed by atoms with E-state index in [-0.39, 0.29) is 0 Å². The minimum atomic E-state index is -5.09. The fraction of sp³-hybridized carbons (Fsp3) is 0.182. The quantitative estimate of drug-likeness (QED) is 0.670. The zero-order valence-electron chi connectivity index (χ0n) is 8.98. The summed E-state index contributed by atoms with van der Waals surface area (Å²) in [6.07, 6.45) is -4.02. The molecule has 0 bridgehead atoms. The van der Waals surface area contributed by atoms with Crippen molar-refractivity contribution in [2.24, 2.45) is 7.05 Å². The van der Waals surface area contributed by atoms with Gasteiger partial charge in [-0.25, -0.2) is 8.78 Å². The molecule has 1 heterocycles. The van der Waals surface area contributed by atoms with Gasteiger partial charge in [0.2, 0.25) is 0 Å². The van der Waals surface area contributed by atoms with Gasteiger partial charge in [0.15, 0.2) is 17.1 Å². The lowest BCUT2D eigenvalue weighted by atomic mass is 10.1. The molecule has 0 N–H and O–H groups in total. The van der Waals surface area contributed by atoms with Crippen LogP contribution in [0.4, 0.5) is 22.0 Å². The number of aryl methyl sites for hydroxylation is 1. The van der Waals surface area contributed by atoms with Crippen molar-refractivity contribution < 1.29 is 22.0 Å². The van der Waals surface area contributed by atoms with Gasteiger partial charge in [-0.05, 0) is 6.07 Å². The van der Waals surface area contributed by atoms with Gasteiger partial charge in [0, 0.05) is 24.7 Å². The Morgan fingerprint density at radius 1 is 1.22 bits per heavy atom. The summed E-state index contributed by atoms with van der Waals surface area (Å²) < 4.78 is 65.6. The molecule has 2 rings (SSSR count). The van der Waals surface area contributed by atoms with Crippen molar-refractivity contribution in [1.29, 1.82) is 0 Å². The molecule has 0 unspecified atom stereocenters. The van der Waals surface area contributed by atoms with E-state index >= 15 is 0 Å². The first-order valence-corrected chi connectivity index (χ1v) is 4.78. The van der Waals surface area contributed by atoms with Crippen molar-refractivity contribution in [2.45, 2.75) is 6.18 Å². The largest absolute Gasteiger partial charge is 0.421 e. The van der Waals surface area contributed by atoms with Crippen LogP contribution >= 0.6 is 0 Å². The van der Waals surface area contributed by atoms with Gasteiger partial charge in [0.1, 0.15) is 5.56 Å². The van der Waals surface area contributed by atoms with Crippen LogP contribution in [0, 0.1) is 11.6 Å². The van der Waals surface area contributed by atoms with E-state index in [1.54, 1.807) is 0 Å². The fourth-order valence-electron chi connectivity index (χ4n) is 1.77. The van der Waals surface area contributed by atoms with Crippen LogP contribution in [0.3, 0.4) is 0 Å². The van der Waals surface area contributed by atoms with Crippen LogP contribution in [0.2, 0.25) is 0 Å². The van der Waals surface area contributed by atoms with Crippen LogP contribution in [0.25, 0.3) is 10.9 Å². The number of rotatable bonds is 0. The van der Waals surface area contributed by atoms with Crippen LogP contribution in [0.1, 0.15) is 5.56 Å². The summed E-state index contributed by atoms with van der Waals surface area (Å²) in [6.45, 7) is 0. The third kappa shape index (κ3) is 1.75. The van der Waals surface area contributed by atoms with E-state index in [2.05, 4.69) is 0 Å². The Morgan fingerprint density at radius 3 is 2.39 bits per heavy atom. The Labute approximate surface area is 97.3 Å². The maximum Gasteiger partial charge on any atom is 0.421 e. The van der Waals surface area contributed by atoms with Crippen molar-refractivity contribution in [3.05, 3.63) is 45.8 Å². The molecule has 0 radical (unpaired) electrons. The summed E-state index contributed by atoms with van der Waals surface area (Å²) in [4.78, 5) is 11.4. The average Bonchev–Trinajstić information content (AvgIpc) is 2.24. The number of hydrogen-bond donors (Lipinski definition) is 0. The number of alkyl halides is 3.